The smallest absolute Gasteiger partial charge is 0.0991 e. The van der Waals surface area contributed by atoms with Crippen molar-refractivity contribution >= 4 is 5.69 Å². The van der Waals surface area contributed by atoms with E-state index < -0.39 is 0 Å². The Kier molecular flexibility index (Phi) is 4.17. The van der Waals surface area contributed by atoms with Gasteiger partial charge in [0.1, 0.15) is 0 Å². The largest absolute Gasteiger partial charge is 0.378 e. The van der Waals surface area contributed by atoms with E-state index in [1.165, 1.54) is 0 Å². The maximum Gasteiger partial charge on any atom is 0.0991 e. The zero-order valence-corrected chi connectivity index (χ0v) is 11.8. The first-order valence-electron chi connectivity index (χ1n) is 7.20. The van der Waals surface area contributed by atoms with Gasteiger partial charge in [-0.1, -0.05) is 12.1 Å². The van der Waals surface area contributed by atoms with Crippen molar-refractivity contribution in [3.63, 3.8) is 0 Å². The topological polar surface area (TPSA) is 62.9 Å². The molecule has 0 aliphatic carbocycles. The molecule has 0 amide bonds. The number of nitrogens with zero attached hydrogens (tertiary/aromatic N) is 3. The molecule has 1 fully saturated rings. The first kappa shape index (κ1) is 13.7. The highest BCUT2D eigenvalue weighted by Gasteiger charge is 2.16. The summed E-state index contributed by atoms with van der Waals surface area (Å²) in [6, 6.07) is 9.76. The maximum atomic E-state index is 8.89. The van der Waals surface area contributed by atoms with Crippen LogP contribution >= 0.6 is 0 Å². The van der Waals surface area contributed by atoms with E-state index >= 15 is 0 Å². The highest BCUT2D eigenvalue weighted by atomic mass is 16.5. The van der Waals surface area contributed by atoms with E-state index in [0.717, 1.165) is 37.2 Å². The summed E-state index contributed by atoms with van der Waals surface area (Å²) >= 11 is 0. The second-order valence-electron chi connectivity index (χ2n) is 5.25. The van der Waals surface area contributed by atoms with Crippen molar-refractivity contribution in [3.05, 3.63) is 47.8 Å². The van der Waals surface area contributed by atoms with E-state index in [4.69, 9.17) is 10.00 Å². The van der Waals surface area contributed by atoms with Crippen molar-refractivity contribution < 1.29 is 4.74 Å². The highest BCUT2D eigenvalue weighted by Crippen LogP contribution is 2.15. The van der Waals surface area contributed by atoms with Gasteiger partial charge in [-0.05, 0) is 30.5 Å². The van der Waals surface area contributed by atoms with Gasteiger partial charge >= 0.3 is 0 Å². The summed E-state index contributed by atoms with van der Waals surface area (Å²) in [5.74, 6) is 0. The Balaban J connectivity index is 1.55. The van der Waals surface area contributed by atoms with Gasteiger partial charge in [-0.3, -0.25) is 4.68 Å². The molecule has 0 spiro atoms. The second kappa shape index (κ2) is 6.42. The van der Waals surface area contributed by atoms with Crippen molar-refractivity contribution in [2.75, 3.05) is 11.9 Å². The summed E-state index contributed by atoms with van der Waals surface area (Å²) in [5, 5.41) is 16.6. The molecule has 1 atom stereocenters. The summed E-state index contributed by atoms with van der Waals surface area (Å²) in [7, 11) is 0. The van der Waals surface area contributed by atoms with E-state index in [-0.39, 0.29) is 0 Å². The van der Waals surface area contributed by atoms with E-state index in [1.54, 1.807) is 0 Å². The fourth-order valence-corrected chi connectivity index (χ4v) is 2.51. The molecule has 1 unspecified atom stereocenters. The first-order chi connectivity index (χ1) is 10.3. The number of nitrogens with one attached hydrogen (secondary N) is 1. The average Bonchev–Trinajstić information content (AvgIpc) is 3.18. The van der Waals surface area contributed by atoms with Crippen molar-refractivity contribution in [2.45, 2.75) is 32.0 Å². The Bertz CT molecular complexity index is 638. The van der Waals surface area contributed by atoms with Crippen LogP contribution in [0.5, 0.6) is 0 Å². The number of hydrogen-bond donors (Lipinski definition) is 1. The molecule has 5 heteroatoms. The van der Waals surface area contributed by atoms with Gasteiger partial charge in [0.2, 0.25) is 0 Å². The van der Waals surface area contributed by atoms with Crippen molar-refractivity contribution in [2.24, 2.45) is 0 Å². The number of anilines is 1. The molecule has 1 N–H and O–H groups in total. The van der Waals surface area contributed by atoms with Crippen molar-refractivity contribution in [1.82, 2.24) is 9.78 Å². The monoisotopic (exact) mass is 282 g/mol. The van der Waals surface area contributed by atoms with Gasteiger partial charge in [-0.25, -0.2) is 0 Å². The van der Waals surface area contributed by atoms with Crippen LogP contribution < -0.4 is 5.32 Å². The van der Waals surface area contributed by atoms with Crippen LogP contribution in [0, 0.1) is 11.3 Å². The molecule has 0 radical (unpaired) electrons. The van der Waals surface area contributed by atoms with E-state index in [0.29, 0.717) is 18.2 Å². The lowest BCUT2D eigenvalue weighted by Crippen LogP contribution is -2.15. The molecular formula is C16H18N4O. The number of ether oxygens (including phenoxy) is 1. The highest BCUT2D eigenvalue weighted by molar-refractivity contribution is 5.40. The lowest BCUT2D eigenvalue weighted by atomic mass is 10.1. The molecule has 1 aromatic heterocycles. The molecule has 108 valence electrons. The van der Waals surface area contributed by atoms with Crippen LogP contribution in [0.2, 0.25) is 0 Å². The number of hydrogen-bond acceptors (Lipinski definition) is 4. The molecule has 2 heterocycles. The average molecular weight is 282 g/mol. The number of benzene rings is 1. The normalized spacial score (nSPS) is 17.6. The molecule has 2 aromatic rings. The molecule has 1 aliphatic heterocycles. The zero-order chi connectivity index (χ0) is 14.5. The Labute approximate surface area is 124 Å². The van der Waals surface area contributed by atoms with Crippen LogP contribution in [0.4, 0.5) is 5.69 Å². The first-order valence-corrected chi connectivity index (χ1v) is 7.20. The minimum Gasteiger partial charge on any atom is -0.378 e. The Morgan fingerprint density at radius 2 is 2.43 bits per heavy atom. The predicted octanol–water partition coefficient (Wildman–Crippen LogP) is 2.55. The molecule has 0 bridgehead atoms. The minimum absolute atomic E-state index is 0.296. The summed E-state index contributed by atoms with van der Waals surface area (Å²) < 4.78 is 7.53. The molecule has 3 rings (SSSR count). The van der Waals surface area contributed by atoms with Crippen LogP contribution in [0.25, 0.3) is 0 Å². The van der Waals surface area contributed by atoms with E-state index in [9.17, 15) is 0 Å². The minimum atomic E-state index is 0.296. The molecular weight excluding hydrogens is 264 g/mol. The van der Waals surface area contributed by atoms with E-state index in [2.05, 4.69) is 16.5 Å². The standard InChI is InChI=1S/C16H18N4O/c17-8-13-3-1-4-14(7-13)9-18-15-10-19-20(11-15)12-16-5-2-6-21-16/h1,3-4,7,10-11,16,18H,2,5-6,9,12H2. The lowest BCUT2D eigenvalue weighted by Gasteiger charge is -2.08. The van der Waals surface area contributed by atoms with Crippen molar-refractivity contribution in [1.29, 1.82) is 5.26 Å². The zero-order valence-electron chi connectivity index (χ0n) is 11.8. The van der Waals surface area contributed by atoms with Crippen molar-refractivity contribution in [3.8, 4) is 6.07 Å². The molecule has 1 saturated heterocycles. The second-order valence-corrected chi connectivity index (χ2v) is 5.25. The third-order valence-electron chi connectivity index (χ3n) is 3.60. The third kappa shape index (κ3) is 3.61. The Hall–Kier alpha value is -2.32. The molecule has 1 aliphatic rings. The van der Waals surface area contributed by atoms with Crippen LogP contribution in [-0.2, 0) is 17.8 Å². The quantitative estimate of drug-likeness (QED) is 0.915. The Morgan fingerprint density at radius 3 is 3.24 bits per heavy atom. The van der Waals surface area contributed by atoms with E-state index in [1.807, 2.05) is 41.3 Å². The maximum absolute atomic E-state index is 8.89. The summed E-state index contributed by atoms with van der Waals surface area (Å²) in [6.07, 6.45) is 6.37. The van der Waals surface area contributed by atoms with Gasteiger partial charge in [0, 0.05) is 19.3 Å². The fraction of sp³-hybridized carbons (Fsp3) is 0.375. The van der Waals surface area contributed by atoms with Crippen LogP contribution in [0.15, 0.2) is 36.7 Å². The summed E-state index contributed by atoms with van der Waals surface area (Å²) in [6.45, 7) is 2.36. The van der Waals surface area contributed by atoms with Gasteiger partial charge in [0.05, 0.1) is 36.2 Å². The molecule has 21 heavy (non-hydrogen) atoms. The van der Waals surface area contributed by atoms with Crippen LogP contribution in [0.1, 0.15) is 24.0 Å². The Morgan fingerprint density at radius 1 is 1.48 bits per heavy atom. The third-order valence-corrected chi connectivity index (χ3v) is 3.60. The number of rotatable bonds is 5. The van der Waals surface area contributed by atoms with Gasteiger partial charge in [-0.2, -0.15) is 10.4 Å². The number of nitriles is 1. The lowest BCUT2D eigenvalue weighted by molar-refractivity contribution is 0.0940. The summed E-state index contributed by atoms with van der Waals surface area (Å²) in [4.78, 5) is 0. The van der Waals surface area contributed by atoms with Gasteiger partial charge in [-0.15, -0.1) is 0 Å². The van der Waals surface area contributed by atoms with Gasteiger partial charge < -0.3 is 10.1 Å². The number of aromatic nitrogens is 2. The van der Waals surface area contributed by atoms with Crippen LogP contribution in [-0.4, -0.2) is 22.5 Å². The molecule has 0 saturated carbocycles. The molecule has 1 aromatic carbocycles. The molecule has 5 nitrogen and oxygen atoms in total. The summed E-state index contributed by atoms with van der Waals surface area (Å²) in [5.41, 5.74) is 2.75. The van der Waals surface area contributed by atoms with Crippen LogP contribution in [0.3, 0.4) is 0 Å². The fourth-order valence-electron chi connectivity index (χ4n) is 2.51. The SMILES string of the molecule is N#Cc1cccc(CNc2cnn(CC3CCCO3)c2)c1. The predicted molar refractivity (Wildman–Crippen MR) is 79.7 cm³/mol. The van der Waals surface area contributed by atoms with Gasteiger partial charge in [0.15, 0.2) is 0 Å². The van der Waals surface area contributed by atoms with Gasteiger partial charge in [0.25, 0.3) is 0 Å².